The fourth-order valence-electron chi connectivity index (χ4n) is 3.91. The number of methoxy groups -OCH3 is 3. The van der Waals surface area contributed by atoms with E-state index in [0.717, 1.165) is 26.1 Å². The summed E-state index contributed by atoms with van der Waals surface area (Å²) in [7, 11) is 4.48. The van der Waals surface area contributed by atoms with Crippen LogP contribution in [0, 0.1) is 6.92 Å². The lowest BCUT2D eigenvalue weighted by molar-refractivity contribution is -0.130. The molecule has 2 aromatic carbocycles. The van der Waals surface area contributed by atoms with Crippen LogP contribution < -0.4 is 19.5 Å². The first-order valence-electron chi connectivity index (χ1n) is 11.1. The van der Waals surface area contributed by atoms with Gasteiger partial charge in [0.05, 0.1) is 27.9 Å². The van der Waals surface area contributed by atoms with E-state index in [0.29, 0.717) is 35.9 Å². The number of amides is 2. The molecule has 0 atom stereocenters. The third kappa shape index (κ3) is 6.38. The van der Waals surface area contributed by atoms with Gasteiger partial charge in [0.1, 0.15) is 0 Å². The van der Waals surface area contributed by atoms with Gasteiger partial charge >= 0.3 is 0 Å². The lowest BCUT2D eigenvalue weighted by Crippen LogP contribution is -2.42. The molecular weight excluding hydrogens is 422 g/mol. The summed E-state index contributed by atoms with van der Waals surface area (Å²) in [5.74, 6) is 0.711. The Bertz CT molecular complexity index is 936. The van der Waals surface area contributed by atoms with Crippen molar-refractivity contribution < 1.29 is 23.8 Å². The smallest absolute Gasteiger partial charge is 0.251 e. The van der Waals surface area contributed by atoms with Crippen molar-refractivity contribution in [3.8, 4) is 17.2 Å². The van der Waals surface area contributed by atoms with Gasteiger partial charge in [0.15, 0.2) is 11.5 Å². The molecule has 1 N–H and O–H groups in total. The molecule has 0 spiro atoms. The van der Waals surface area contributed by atoms with Gasteiger partial charge in [-0.2, -0.15) is 0 Å². The zero-order chi connectivity index (χ0) is 23.8. The summed E-state index contributed by atoms with van der Waals surface area (Å²) < 4.78 is 15.9. The molecule has 3 rings (SSSR count). The lowest BCUT2D eigenvalue weighted by atomic mass is 10.1. The van der Waals surface area contributed by atoms with E-state index < -0.39 is 0 Å². The second-order valence-corrected chi connectivity index (χ2v) is 8.09. The number of nitrogens with zero attached hydrogens (tertiary/aromatic N) is 2. The first-order chi connectivity index (χ1) is 15.9. The minimum atomic E-state index is -0.376. The molecule has 178 valence electrons. The summed E-state index contributed by atoms with van der Waals surface area (Å²) >= 11 is 0. The zero-order valence-electron chi connectivity index (χ0n) is 19.8. The SMILES string of the molecule is COc1cc(C(=O)NCC(=O)N2CCCN(Cc3ccc(C)cc3)CC2)cc(OC)c1OC. The molecule has 0 unspecified atom stereocenters. The first kappa shape index (κ1) is 24.4. The Morgan fingerprint density at radius 3 is 2.18 bits per heavy atom. The number of carbonyl (C=O) groups is 2. The highest BCUT2D eigenvalue weighted by molar-refractivity contribution is 5.97. The number of carbonyl (C=O) groups excluding carboxylic acids is 2. The van der Waals surface area contributed by atoms with E-state index in [1.54, 1.807) is 12.1 Å². The van der Waals surface area contributed by atoms with Crippen molar-refractivity contribution in [2.24, 2.45) is 0 Å². The van der Waals surface area contributed by atoms with Crippen LogP contribution in [0.3, 0.4) is 0 Å². The van der Waals surface area contributed by atoms with E-state index >= 15 is 0 Å². The maximum atomic E-state index is 12.8. The Morgan fingerprint density at radius 2 is 1.58 bits per heavy atom. The predicted octanol–water partition coefficient (Wildman–Crippen LogP) is 2.49. The van der Waals surface area contributed by atoms with Gasteiger partial charge in [0.25, 0.3) is 5.91 Å². The average molecular weight is 456 g/mol. The summed E-state index contributed by atoms with van der Waals surface area (Å²) in [4.78, 5) is 29.6. The molecule has 0 bridgehead atoms. The second kappa shape index (κ2) is 11.6. The molecule has 1 fully saturated rings. The second-order valence-electron chi connectivity index (χ2n) is 8.09. The molecule has 2 aromatic rings. The molecule has 8 heteroatoms. The summed E-state index contributed by atoms with van der Waals surface area (Å²) in [6, 6.07) is 11.7. The van der Waals surface area contributed by atoms with Gasteiger partial charge in [-0.1, -0.05) is 29.8 Å². The maximum Gasteiger partial charge on any atom is 0.251 e. The lowest BCUT2D eigenvalue weighted by Gasteiger charge is -2.22. The van der Waals surface area contributed by atoms with E-state index in [2.05, 4.69) is 41.4 Å². The minimum Gasteiger partial charge on any atom is -0.493 e. The minimum absolute atomic E-state index is 0.0620. The van der Waals surface area contributed by atoms with Gasteiger partial charge < -0.3 is 24.4 Å². The van der Waals surface area contributed by atoms with Crippen LogP contribution in [0.25, 0.3) is 0 Å². The molecular formula is C25H33N3O5. The molecule has 1 heterocycles. The third-order valence-electron chi connectivity index (χ3n) is 5.80. The standard InChI is InChI=1S/C25H33N3O5/c1-18-6-8-19(9-7-18)17-27-10-5-11-28(13-12-27)23(29)16-26-25(30)20-14-21(31-2)24(33-4)22(15-20)32-3/h6-9,14-15H,5,10-13,16-17H2,1-4H3,(H,26,30). The Labute approximate surface area is 195 Å². The first-order valence-corrected chi connectivity index (χ1v) is 11.1. The van der Waals surface area contributed by atoms with Crippen LogP contribution in [-0.2, 0) is 11.3 Å². The van der Waals surface area contributed by atoms with Crippen molar-refractivity contribution >= 4 is 11.8 Å². The van der Waals surface area contributed by atoms with Crippen LogP contribution in [0.15, 0.2) is 36.4 Å². The van der Waals surface area contributed by atoms with Crippen molar-refractivity contribution in [3.05, 3.63) is 53.1 Å². The van der Waals surface area contributed by atoms with E-state index in [-0.39, 0.29) is 18.4 Å². The zero-order valence-corrected chi connectivity index (χ0v) is 19.8. The number of benzene rings is 2. The molecule has 8 nitrogen and oxygen atoms in total. The molecule has 0 saturated carbocycles. The highest BCUT2D eigenvalue weighted by Crippen LogP contribution is 2.38. The van der Waals surface area contributed by atoms with E-state index in [4.69, 9.17) is 14.2 Å². The summed E-state index contributed by atoms with van der Waals surface area (Å²) in [5, 5.41) is 2.72. The predicted molar refractivity (Wildman–Crippen MR) is 126 cm³/mol. The van der Waals surface area contributed by atoms with E-state index in [1.807, 2.05) is 4.90 Å². The molecule has 33 heavy (non-hydrogen) atoms. The molecule has 1 aliphatic heterocycles. The molecule has 1 saturated heterocycles. The number of hydrogen-bond acceptors (Lipinski definition) is 6. The average Bonchev–Trinajstić information content (AvgIpc) is 3.08. The van der Waals surface area contributed by atoms with Gasteiger partial charge in [-0.05, 0) is 31.0 Å². The van der Waals surface area contributed by atoms with Crippen LogP contribution in [-0.4, -0.2) is 75.7 Å². The monoisotopic (exact) mass is 455 g/mol. The van der Waals surface area contributed by atoms with Crippen LogP contribution in [0.2, 0.25) is 0 Å². The van der Waals surface area contributed by atoms with Crippen LogP contribution >= 0.6 is 0 Å². The Hall–Kier alpha value is -3.26. The quantitative estimate of drug-likeness (QED) is 0.659. The highest BCUT2D eigenvalue weighted by Gasteiger charge is 2.21. The van der Waals surface area contributed by atoms with Gasteiger partial charge in [-0.15, -0.1) is 0 Å². The molecule has 0 aromatic heterocycles. The number of hydrogen-bond donors (Lipinski definition) is 1. The Balaban J connectivity index is 1.54. The fraction of sp³-hybridized carbons (Fsp3) is 0.440. The largest absolute Gasteiger partial charge is 0.493 e. The van der Waals surface area contributed by atoms with Crippen molar-refractivity contribution in [2.75, 3.05) is 54.1 Å². The third-order valence-corrected chi connectivity index (χ3v) is 5.80. The molecule has 0 radical (unpaired) electrons. The van der Waals surface area contributed by atoms with Crippen LogP contribution in [0.5, 0.6) is 17.2 Å². The van der Waals surface area contributed by atoms with Crippen LogP contribution in [0.4, 0.5) is 0 Å². The van der Waals surface area contributed by atoms with Gasteiger partial charge in [-0.3, -0.25) is 14.5 Å². The summed E-state index contributed by atoms with van der Waals surface area (Å²) in [5.41, 5.74) is 2.86. The Kier molecular flexibility index (Phi) is 8.54. The summed E-state index contributed by atoms with van der Waals surface area (Å²) in [6.07, 6.45) is 0.901. The number of nitrogens with one attached hydrogen (secondary N) is 1. The van der Waals surface area contributed by atoms with Crippen molar-refractivity contribution in [3.63, 3.8) is 0 Å². The normalized spacial score (nSPS) is 14.4. The number of rotatable bonds is 8. The Morgan fingerprint density at radius 1 is 0.909 bits per heavy atom. The van der Waals surface area contributed by atoms with Gasteiger partial charge in [-0.25, -0.2) is 0 Å². The molecule has 2 amide bonds. The van der Waals surface area contributed by atoms with Gasteiger partial charge in [0, 0.05) is 38.3 Å². The van der Waals surface area contributed by atoms with Crippen molar-refractivity contribution in [1.82, 2.24) is 15.1 Å². The van der Waals surface area contributed by atoms with Crippen LogP contribution in [0.1, 0.15) is 27.9 Å². The van der Waals surface area contributed by atoms with Crippen molar-refractivity contribution in [1.29, 1.82) is 0 Å². The topological polar surface area (TPSA) is 80.3 Å². The number of ether oxygens (including phenoxy) is 3. The highest BCUT2D eigenvalue weighted by atomic mass is 16.5. The maximum absolute atomic E-state index is 12.8. The van der Waals surface area contributed by atoms with Crippen molar-refractivity contribution in [2.45, 2.75) is 19.9 Å². The number of aryl methyl sites for hydroxylation is 1. The fourth-order valence-corrected chi connectivity index (χ4v) is 3.91. The van der Waals surface area contributed by atoms with E-state index in [9.17, 15) is 9.59 Å². The summed E-state index contributed by atoms with van der Waals surface area (Å²) in [6.45, 7) is 5.97. The molecule has 0 aliphatic carbocycles. The van der Waals surface area contributed by atoms with E-state index in [1.165, 1.54) is 32.5 Å². The molecule has 1 aliphatic rings. The van der Waals surface area contributed by atoms with Gasteiger partial charge in [0.2, 0.25) is 11.7 Å².